The fraction of sp³-hybridized carbons (Fsp3) is 0.939. The van der Waals surface area contributed by atoms with Gasteiger partial charge in [0, 0.05) is 12.8 Å². The Balaban J connectivity index is 1.99. The molecule has 0 bridgehead atoms. The third-order valence-electron chi connectivity index (χ3n) is 8.27. The normalized spacial score (nSPS) is 17.5. The van der Waals surface area contributed by atoms with Crippen molar-refractivity contribution in [2.45, 2.75) is 161 Å². The van der Waals surface area contributed by atoms with Crippen LogP contribution < -0.4 is 0 Å². The van der Waals surface area contributed by atoms with Crippen LogP contribution in [0.3, 0.4) is 0 Å². The van der Waals surface area contributed by atoms with Gasteiger partial charge in [-0.1, -0.05) is 96.8 Å². The summed E-state index contributed by atoms with van der Waals surface area (Å²) >= 11 is 0. The molecule has 0 N–H and O–H groups in total. The van der Waals surface area contributed by atoms with E-state index in [9.17, 15) is 9.59 Å². The molecule has 5 nitrogen and oxygen atoms in total. The summed E-state index contributed by atoms with van der Waals surface area (Å²) in [6.45, 7) is 3.19. The molecule has 0 spiro atoms. The van der Waals surface area contributed by atoms with E-state index in [0.29, 0.717) is 12.8 Å². The summed E-state index contributed by atoms with van der Waals surface area (Å²) < 4.78 is 10.6. The number of carbonyl (C=O) groups excluding carboxylic acids is 2. The van der Waals surface area contributed by atoms with Crippen molar-refractivity contribution in [2.24, 2.45) is 11.8 Å². The lowest BCUT2D eigenvalue weighted by molar-refractivity contribution is -0.150. The Morgan fingerprint density at radius 1 is 0.684 bits per heavy atom. The van der Waals surface area contributed by atoms with E-state index in [1.54, 1.807) is 0 Å². The number of esters is 2. The number of carbonyl (C=O) groups is 2. The molecule has 1 aliphatic carbocycles. The average molecular weight is 538 g/mol. The molecule has 0 heterocycles. The molecule has 5 heteroatoms. The monoisotopic (exact) mass is 537 g/mol. The van der Waals surface area contributed by atoms with Gasteiger partial charge in [0.15, 0.2) is 0 Å². The Morgan fingerprint density at radius 2 is 1.18 bits per heavy atom. The first-order valence-corrected chi connectivity index (χ1v) is 16.4. The highest BCUT2D eigenvalue weighted by atomic mass is 16.5. The molecular formula is C33H63NO4. The third-order valence-corrected chi connectivity index (χ3v) is 8.27. The minimum absolute atomic E-state index is 0.00126. The molecule has 0 saturated heterocycles. The molecule has 1 aliphatic rings. The first kappa shape index (κ1) is 34.9. The van der Waals surface area contributed by atoms with Crippen molar-refractivity contribution in [1.82, 2.24) is 4.90 Å². The number of hydrogen-bond donors (Lipinski definition) is 0. The maximum absolute atomic E-state index is 12.3. The molecule has 0 radical (unpaired) electrons. The predicted octanol–water partition coefficient (Wildman–Crippen LogP) is 8.87. The lowest BCUT2D eigenvalue weighted by Crippen LogP contribution is -2.20. The SMILES string of the molecule is CCCCCCC(CCCCCCCCC1CC1CCCCCCCC(=O)OC)OC(=O)CCCN(C)C. The number of hydrogen-bond acceptors (Lipinski definition) is 5. The van der Waals surface area contributed by atoms with Gasteiger partial charge in [0.1, 0.15) is 6.10 Å². The van der Waals surface area contributed by atoms with Crippen molar-refractivity contribution < 1.29 is 19.1 Å². The van der Waals surface area contributed by atoms with Crippen LogP contribution in [0.15, 0.2) is 0 Å². The highest BCUT2D eigenvalue weighted by Gasteiger charge is 2.35. The lowest BCUT2D eigenvalue weighted by atomic mass is 10.0. The maximum Gasteiger partial charge on any atom is 0.306 e. The standard InChI is InChI=1S/C33H63NO4/c1-5-6-7-17-23-31(38-33(36)26-20-27-34(2)3)24-18-13-9-8-11-15-21-29-28-30(29)22-16-12-10-14-19-25-32(35)37-4/h29-31H,5-28H2,1-4H3. The van der Waals surface area contributed by atoms with Crippen LogP contribution >= 0.6 is 0 Å². The summed E-state index contributed by atoms with van der Waals surface area (Å²) in [5, 5.41) is 0. The summed E-state index contributed by atoms with van der Waals surface area (Å²) in [5.41, 5.74) is 0. The molecule has 0 aliphatic heterocycles. The zero-order valence-corrected chi connectivity index (χ0v) is 25.8. The number of rotatable bonds is 27. The molecule has 0 aromatic carbocycles. The highest BCUT2D eigenvalue weighted by molar-refractivity contribution is 5.69. The van der Waals surface area contributed by atoms with Gasteiger partial charge in [-0.25, -0.2) is 0 Å². The largest absolute Gasteiger partial charge is 0.469 e. The van der Waals surface area contributed by atoms with E-state index in [2.05, 4.69) is 11.8 Å². The second kappa shape index (κ2) is 23.8. The van der Waals surface area contributed by atoms with E-state index in [1.165, 1.54) is 110 Å². The van der Waals surface area contributed by atoms with Crippen LogP contribution in [0.25, 0.3) is 0 Å². The predicted molar refractivity (Wildman–Crippen MR) is 159 cm³/mol. The summed E-state index contributed by atoms with van der Waals surface area (Å²) in [6.07, 6.45) is 27.5. The van der Waals surface area contributed by atoms with Crippen molar-refractivity contribution in [3.63, 3.8) is 0 Å². The highest BCUT2D eigenvalue weighted by Crippen LogP contribution is 2.45. The maximum atomic E-state index is 12.3. The van der Waals surface area contributed by atoms with Gasteiger partial charge in [0.25, 0.3) is 0 Å². The van der Waals surface area contributed by atoms with Crippen molar-refractivity contribution in [3.8, 4) is 0 Å². The summed E-state index contributed by atoms with van der Waals surface area (Å²) in [4.78, 5) is 25.5. The second-order valence-corrected chi connectivity index (χ2v) is 12.2. The molecule has 1 saturated carbocycles. The minimum atomic E-state index is -0.0722. The molecule has 3 atom stereocenters. The van der Waals surface area contributed by atoms with Gasteiger partial charge in [0.05, 0.1) is 7.11 Å². The Labute approximate surface area is 236 Å². The van der Waals surface area contributed by atoms with Crippen LogP contribution in [-0.2, 0) is 19.1 Å². The molecule has 3 unspecified atom stereocenters. The van der Waals surface area contributed by atoms with E-state index < -0.39 is 0 Å². The molecule has 224 valence electrons. The zero-order valence-electron chi connectivity index (χ0n) is 25.8. The van der Waals surface area contributed by atoms with Crippen LogP contribution in [0.1, 0.15) is 155 Å². The Kier molecular flexibility index (Phi) is 21.8. The molecule has 0 aromatic heterocycles. The molecule has 0 aromatic rings. The van der Waals surface area contributed by atoms with Gasteiger partial charge < -0.3 is 14.4 Å². The number of methoxy groups -OCH3 is 1. The van der Waals surface area contributed by atoms with Crippen molar-refractivity contribution in [1.29, 1.82) is 0 Å². The Morgan fingerprint density at radius 3 is 1.74 bits per heavy atom. The van der Waals surface area contributed by atoms with Gasteiger partial charge in [-0.3, -0.25) is 9.59 Å². The van der Waals surface area contributed by atoms with Crippen LogP contribution in [-0.4, -0.2) is 50.7 Å². The smallest absolute Gasteiger partial charge is 0.306 e. The Bertz CT molecular complexity index is 579. The van der Waals surface area contributed by atoms with Crippen LogP contribution in [0.5, 0.6) is 0 Å². The van der Waals surface area contributed by atoms with Crippen LogP contribution in [0.2, 0.25) is 0 Å². The van der Waals surface area contributed by atoms with Gasteiger partial charge >= 0.3 is 11.9 Å². The number of ether oxygens (including phenoxy) is 2. The van der Waals surface area contributed by atoms with Crippen molar-refractivity contribution in [3.05, 3.63) is 0 Å². The summed E-state index contributed by atoms with van der Waals surface area (Å²) in [6, 6.07) is 0. The molecule has 1 fully saturated rings. The van der Waals surface area contributed by atoms with E-state index in [4.69, 9.17) is 9.47 Å². The summed E-state index contributed by atoms with van der Waals surface area (Å²) in [7, 11) is 5.57. The second-order valence-electron chi connectivity index (χ2n) is 12.2. The van der Waals surface area contributed by atoms with Gasteiger partial charge in [-0.15, -0.1) is 0 Å². The van der Waals surface area contributed by atoms with Crippen LogP contribution in [0.4, 0.5) is 0 Å². The number of nitrogens with zero attached hydrogens (tertiary/aromatic N) is 1. The topological polar surface area (TPSA) is 55.8 Å². The van der Waals surface area contributed by atoms with Crippen LogP contribution in [0, 0.1) is 11.8 Å². The Hall–Kier alpha value is -1.10. The van der Waals surface area contributed by atoms with Gasteiger partial charge in [0.2, 0.25) is 0 Å². The van der Waals surface area contributed by atoms with E-state index in [-0.39, 0.29) is 18.0 Å². The molecular weight excluding hydrogens is 474 g/mol. The first-order chi connectivity index (χ1) is 18.5. The quantitative estimate of drug-likeness (QED) is 0.0773. The minimum Gasteiger partial charge on any atom is -0.469 e. The fourth-order valence-corrected chi connectivity index (χ4v) is 5.66. The van der Waals surface area contributed by atoms with Crippen molar-refractivity contribution >= 4 is 11.9 Å². The third kappa shape index (κ3) is 20.8. The lowest BCUT2D eigenvalue weighted by Gasteiger charge is -2.18. The molecule has 38 heavy (non-hydrogen) atoms. The average Bonchev–Trinajstić information content (AvgIpc) is 3.64. The van der Waals surface area contributed by atoms with Crippen molar-refractivity contribution in [2.75, 3.05) is 27.7 Å². The fourth-order valence-electron chi connectivity index (χ4n) is 5.66. The first-order valence-electron chi connectivity index (χ1n) is 16.4. The number of unbranched alkanes of at least 4 members (excludes halogenated alkanes) is 12. The molecule has 1 rings (SSSR count). The van der Waals surface area contributed by atoms with E-state index in [0.717, 1.165) is 50.5 Å². The zero-order chi connectivity index (χ0) is 27.8. The summed E-state index contributed by atoms with van der Waals surface area (Å²) in [5.74, 6) is 1.94. The van der Waals surface area contributed by atoms with Gasteiger partial charge in [-0.2, -0.15) is 0 Å². The van der Waals surface area contributed by atoms with Gasteiger partial charge in [-0.05, 0) is 77.4 Å². The van der Waals surface area contributed by atoms with E-state index >= 15 is 0 Å². The molecule has 0 amide bonds. The van der Waals surface area contributed by atoms with E-state index in [1.807, 2.05) is 14.1 Å².